The van der Waals surface area contributed by atoms with Gasteiger partial charge in [0.15, 0.2) is 6.10 Å². The van der Waals surface area contributed by atoms with Crippen molar-refractivity contribution in [1.82, 2.24) is 9.78 Å². The van der Waals surface area contributed by atoms with Crippen LogP contribution in [0, 0.1) is 13.8 Å². The summed E-state index contributed by atoms with van der Waals surface area (Å²) < 4.78 is 18.5. The highest BCUT2D eigenvalue weighted by Crippen LogP contribution is 2.35. The normalized spacial score (nSPS) is 16.0. The number of nitrogens with one attached hydrogen (secondary N) is 1. The number of carbonyl (C=O) groups is 2. The highest BCUT2D eigenvalue weighted by molar-refractivity contribution is 5.97. The van der Waals surface area contributed by atoms with Gasteiger partial charge in [-0.2, -0.15) is 5.10 Å². The molecule has 0 aliphatic carbocycles. The fourth-order valence-corrected chi connectivity index (χ4v) is 3.47. The molecular formula is C23H29N3O5. The Hall–Kier alpha value is -3.29. The molecule has 1 aromatic carbocycles. The van der Waals surface area contributed by atoms with Crippen molar-refractivity contribution < 1.29 is 23.8 Å². The zero-order valence-corrected chi connectivity index (χ0v) is 18.8. The van der Waals surface area contributed by atoms with E-state index in [2.05, 4.69) is 10.4 Å². The summed E-state index contributed by atoms with van der Waals surface area (Å²) in [6.45, 7) is 9.60. The summed E-state index contributed by atoms with van der Waals surface area (Å²) in [6.07, 6.45) is 2.86. The molecule has 1 amide bonds. The van der Waals surface area contributed by atoms with Crippen molar-refractivity contribution in [2.24, 2.45) is 7.05 Å². The predicted molar refractivity (Wildman–Crippen MR) is 117 cm³/mol. The number of aryl methyl sites for hydroxylation is 2. The van der Waals surface area contributed by atoms with Crippen LogP contribution in [0.1, 0.15) is 43.3 Å². The molecular weight excluding hydrogens is 398 g/mol. The summed E-state index contributed by atoms with van der Waals surface area (Å²) >= 11 is 0. The van der Waals surface area contributed by atoms with Gasteiger partial charge in [0.2, 0.25) is 0 Å². The second-order valence-corrected chi connectivity index (χ2v) is 7.63. The Labute approximate surface area is 182 Å². The lowest BCUT2D eigenvalue weighted by molar-refractivity contribution is -0.148. The third kappa shape index (κ3) is 5.07. The minimum absolute atomic E-state index is 0.111. The number of anilines is 1. The summed E-state index contributed by atoms with van der Waals surface area (Å²) in [5.41, 5.74) is 3.94. The van der Waals surface area contributed by atoms with Gasteiger partial charge in [-0.05, 0) is 52.8 Å². The fraction of sp³-hybridized carbons (Fsp3) is 0.435. The number of carbonyl (C=O) groups excluding carboxylic acids is 2. The Bertz CT molecular complexity index is 1020. The van der Waals surface area contributed by atoms with Crippen LogP contribution < -0.4 is 14.8 Å². The molecule has 166 valence electrons. The monoisotopic (exact) mass is 427 g/mol. The van der Waals surface area contributed by atoms with E-state index in [4.69, 9.17) is 14.2 Å². The molecule has 2 heterocycles. The van der Waals surface area contributed by atoms with Gasteiger partial charge < -0.3 is 19.5 Å². The average Bonchev–Trinajstić information content (AvgIpc) is 3.18. The van der Waals surface area contributed by atoms with E-state index in [0.717, 1.165) is 23.4 Å². The second kappa shape index (κ2) is 9.24. The summed E-state index contributed by atoms with van der Waals surface area (Å²) in [7, 11) is 1.80. The number of fused-ring (bicyclic) bond motifs is 1. The molecule has 2 atom stereocenters. The largest absolute Gasteiger partial charge is 0.493 e. The number of hydrogen-bond acceptors (Lipinski definition) is 6. The minimum atomic E-state index is -0.966. The first kappa shape index (κ1) is 22.4. The van der Waals surface area contributed by atoms with E-state index >= 15 is 0 Å². The van der Waals surface area contributed by atoms with Gasteiger partial charge in [-0.15, -0.1) is 0 Å². The Morgan fingerprint density at radius 1 is 1.39 bits per heavy atom. The molecule has 31 heavy (non-hydrogen) atoms. The molecule has 3 rings (SSSR count). The summed E-state index contributed by atoms with van der Waals surface area (Å²) in [6, 6.07) is 3.81. The van der Waals surface area contributed by atoms with E-state index in [0.29, 0.717) is 29.3 Å². The zero-order chi connectivity index (χ0) is 22.7. The molecule has 0 saturated carbocycles. The van der Waals surface area contributed by atoms with Crippen molar-refractivity contribution >= 4 is 23.6 Å². The van der Waals surface area contributed by atoms with Crippen LogP contribution in [0.25, 0.3) is 6.08 Å². The first-order valence-corrected chi connectivity index (χ1v) is 10.4. The summed E-state index contributed by atoms with van der Waals surface area (Å²) in [5.74, 6) is 0.422. The van der Waals surface area contributed by atoms with Gasteiger partial charge in [0.25, 0.3) is 5.91 Å². The number of nitrogens with zero attached hydrogens (tertiary/aromatic N) is 2. The number of hydrogen-bond donors (Lipinski definition) is 1. The average molecular weight is 428 g/mol. The lowest BCUT2D eigenvalue weighted by Crippen LogP contribution is -2.29. The summed E-state index contributed by atoms with van der Waals surface area (Å²) in [4.78, 5) is 24.7. The first-order chi connectivity index (χ1) is 14.7. The molecule has 0 bridgehead atoms. The molecule has 1 aromatic heterocycles. The van der Waals surface area contributed by atoms with E-state index in [1.807, 2.05) is 32.9 Å². The second-order valence-electron chi connectivity index (χ2n) is 7.63. The topological polar surface area (TPSA) is 91.7 Å². The molecule has 0 fully saturated rings. The third-order valence-electron chi connectivity index (χ3n) is 5.15. The molecule has 0 unspecified atom stereocenters. The molecule has 8 nitrogen and oxygen atoms in total. The van der Waals surface area contributed by atoms with Crippen LogP contribution in [-0.4, -0.2) is 40.5 Å². The van der Waals surface area contributed by atoms with Crippen LogP contribution >= 0.6 is 0 Å². The van der Waals surface area contributed by atoms with Crippen LogP contribution in [0.3, 0.4) is 0 Å². The maximum atomic E-state index is 12.4. The number of aromatic nitrogens is 2. The van der Waals surface area contributed by atoms with Crippen LogP contribution in [0.5, 0.6) is 11.5 Å². The van der Waals surface area contributed by atoms with Crippen LogP contribution in [-0.2, 0) is 27.8 Å². The lowest BCUT2D eigenvalue weighted by Gasteiger charge is -2.13. The van der Waals surface area contributed by atoms with E-state index < -0.39 is 18.0 Å². The van der Waals surface area contributed by atoms with E-state index in [9.17, 15) is 9.59 Å². The number of esters is 1. The first-order valence-electron chi connectivity index (χ1n) is 10.4. The Morgan fingerprint density at radius 2 is 2.13 bits per heavy atom. The SMILES string of the molecule is CCOc1cc2c(cc1/C=C/C(=O)O[C@@H](C)C(=O)Nc1c(C)nn(C)c1C)O[C@@H](C)C2. The number of ether oxygens (including phenoxy) is 3. The van der Waals surface area contributed by atoms with E-state index in [1.165, 1.54) is 13.0 Å². The molecule has 1 N–H and O–H groups in total. The third-order valence-corrected chi connectivity index (χ3v) is 5.15. The zero-order valence-electron chi connectivity index (χ0n) is 18.8. The van der Waals surface area contributed by atoms with E-state index in [-0.39, 0.29) is 6.10 Å². The minimum Gasteiger partial charge on any atom is -0.493 e. The predicted octanol–water partition coefficient (Wildman–Crippen LogP) is 3.34. The van der Waals surface area contributed by atoms with Crippen molar-refractivity contribution in [3.8, 4) is 11.5 Å². The standard InChI is InChI=1S/C23H29N3O5/c1-7-29-19-12-18-10-13(2)30-20(18)11-17(19)8-9-21(27)31-16(5)23(28)24-22-14(3)25-26(6)15(22)4/h8-9,11-13,16H,7,10H2,1-6H3,(H,24,28)/b9-8+/t13-,16-/m0/s1. The summed E-state index contributed by atoms with van der Waals surface area (Å²) in [5, 5.41) is 7.04. The molecule has 2 aromatic rings. The highest BCUT2D eigenvalue weighted by Gasteiger charge is 2.22. The van der Waals surface area contributed by atoms with Gasteiger partial charge in [-0.3, -0.25) is 9.48 Å². The molecule has 0 radical (unpaired) electrons. The van der Waals surface area contributed by atoms with Gasteiger partial charge >= 0.3 is 5.97 Å². The smallest absolute Gasteiger partial charge is 0.331 e. The Balaban J connectivity index is 1.66. The highest BCUT2D eigenvalue weighted by atomic mass is 16.5. The molecule has 8 heteroatoms. The van der Waals surface area contributed by atoms with Crippen molar-refractivity contribution in [2.75, 3.05) is 11.9 Å². The van der Waals surface area contributed by atoms with Crippen molar-refractivity contribution in [3.05, 3.63) is 40.7 Å². The van der Waals surface area contributed by atoms with Gasteiger partial charge in [0.1, 0.15) is 17.6 Å². The maximum absolute atomic E-state index is 12.4. The molecule has 1 aliphatic heterocycles. The number of rotatable bonds is 7. The molecule has 0 spiro atoms. The molecule has 1 aliphatic rings. The fourth-order valence-electron chi connectivity index (χ4n) is 3.47. The van der Waals surface area contributed by atoms with E-state index in [1.54, 1.807) is 24.7 Å². The van der Waals surface area contributed by atoms with Crippen LogP contribution in [0.4, 0.5) is 5.69 Å². The van der Waals surface area contributed by atoms with Crippen LogP contribution in [0.15, 0.2) is 18.2 Å². The van der Waals surface area contributed by atoms with Gasteiger partial charge in [0.05, 0.1) is 23.7 Å². The van der Waals surface area contributed by atoms with Crippen molar-refractivity contribution in [2.45, 2.75) is 53.2 Å². The number of benzene rings is 1. The maximum Gasteiger partial charge on any atom is 0.331 e. The van der Waals surface area contributed by atoms with Crippen molar-refractivity contribution in [1.29, 1.82) is 0 Å². The van der Waals surface area contributed by atoms with Crippen molar-refractivity contribution in [3.63, 3.8) is 0 Å². The van der Waals surface area contributed by atoms with Gasteiger partial charge in [-0.1, -0.05) is 0 Å². The Morgan fingerprint density at radius 3 is 2.77 bits per heavy atom. The lowest BCUT2D eigenvalue weighted by atomic mass is 10.1. The van der Waals surface area contributed by atoms with Crippen LogP contribution in [0.2, 0.25) is 0 Å². The molecule has 0 saturated heterocycles. The van der Waals surface area contributed by atoms with Gasteiger partial charge in [-0.25, -0.2) is 4.79 Å². The number of amides is 1. The quantitative estimate of drug-likeness (QED) is 0.538. The Kier molecular flexibility index (Phi) is 6.68. The van der Waals surface area contributed by atoms with Gasteiger partial charge in [0, 0.05) is 30.7 Å².